The van der Waals surface area contributed by atoms with E-state index >= 15 is 0 Å². The van der Waals surface area contributed by atoms with Crippen LogP contribution >= 0.6 is 0 Å². The van der Waals surface area contributed by atoms with Gasteiger partial charge in [-0.3, -0.25) is 4.79 Å². The number of aromatic nitrogens is 1. The lowest BCUT2D eigenvalue weighted by Crippen LogP contribution is -2.26. The Labute approximate surface area is 127 Å². The van der Waals surface area contributed by atoms with Gasteiger partial charge < -0.3 is 9.57 Å². The summed E-state index contributed by atoms with van der Waals surface area (Å²) in [7, 11) is 0. The molecule has 4 nitrogen and oxygen atoms in total. The summed E-state index contributed by atoms with van der Waals surface area (Å²) in [6, 6.07) is 19.0. The Hall–Kier alpha value is -2.59. The zero-order valence-corrected chi connectivity index (χ0v) is 11.9. The van der Waals surface area contributed by atoms with Crippen molar-refractivity contribution in [3.63, 3.8) is 0 Å². The van der Waals surface area contributed by atoms with Gasteiger partial charge in [-0.05, 0) is 23.3 Å². The van der Waals surface area contributed by atoms with Crippen LogP contribution in [0.15, 0.2) is 65.5 Å². The molecule has 1 unspecified atom stereocenters. The maximum Gasteiger partial charge on any atom is 0.283 e. The minimum atomic E-state index is -0.169. The maximum absolute atomic E-state index is 12.2. The first-order valence-electron chi connectivity index (χ1n) is 7.26. The second-order valence-corrected chi connectivity index (χ2v) is 5.33. The Morgan fingerprint density at radius 1 is 1.05 bits per heavy atom. The van der Waals surface area contributed by atoms with Gasteiger partial charge in [-0.15, -0.1) is 4.73 Å². The average molecular weight is 293 g/mol. The smallest absolute Gasteiger partial charge is 0.283 e. The summed E-state index contributed by atoms with van der Waals surface area (Å²) in [4.78, 5) is 17.9. The number of pyridine rings is 1. The van der Waals surface area contributed by atoms with Crippen LogP contribution in [0.5, 0.6) is 0 Å². The number of hydrogen-bond acceptors (Lipinski definition) is 3. The molecule has 0 amide bonds. The minimum absolute atomic E-state index is 0.142. The molecule has 110 valence electrons. The van der Waals surface area contributed by atoms with Crippen LogP contribution in [-0.2, 0) is 11.3 Å². The van der Waals surface area contributed by atoms with E-state index in [4.69, 9.17) is 9.57 Å². The monoisotopic (exact) mass is 293 g/mol. The fraction of sp³-hybridized carbons (Fsp3) is 0.167. The van der Waals surface area contributed by atoms with Crippen LogP contribution in [0.4, 0.5) is 0 Å². The number of ether oxygens (including phenoxy) is 1. The van der Waals surface area contributed by atoms with E-state index in [2.05, 4.69) is 0 Å². The van der Waals surface area contributed by atoms with Crippen LogP contribution in [0, 0.1) is 0 Å². The first kappa shape index (κ1) is 13.1. The maximum atomic E-state index is 12.2. The number of benzene rings is 2. The van der Waals surface area contributed by atoms with E-state index in [1.165, 1.54) is 4.73 Å². The van der Waals surface area contributed by atoms with Gasteiger partial charge in [-0.2, -0.15) is 0 Å². The molecule has 1 aliphatic rings. The van der Waals surface area contributed by atoms with Gasteiger partial charge in [0.2, 0.25) is 0 Å². The standard InChI is InChI=1S/C18H15NO3/c20-18-10-9-14-15(17-12-21-17)7-4-8-16(14)19(18)22-11-13-5-2-1-3-6-13/h1-10,17H,11-12H2. The fourth-order valence-electron chi connectivity index (χ4n) is 2.63. The summed E-state index contributed by atoms with van der Waals surface area (Å²) in [5.74, 6) is 0. The molecule has 0 saturated carbocycles. The SMILES string of the molecule is O=c1ccc2c(C3CO3)cccc2n1OCc1ccccc1. The molecular weight excluding hydrogens is 278 g/mol. The van der Waals surface area contributed by atoms with Crippen LogP contribution in [-0.4, -0.2) is 11.3 Å². The molecule has 4 heteroatoms. The Balaban J connectivity index is 1.74. The number of nitrogens with zero attached hydrogens (tertiary/aromatic N) is 1. The molecule has 2 aromatic carbocycles. The van der Waals surface area contributed by atoms with Gasteiger partial charge in [-0.1, -0.05) is 42.5 Å². The highest BCUT2D eigenvalue weighted by Gasteiger charge is 2.27. The van der Waals surface area contributed by atoms with E-state index < -0.39 is 0 Å². The molecule has 0 bridgehead atoms. The highest BCUT2D eigenvalue weighted by atomic mass is 16.7. The largest absolute Gasteiger partial charge is 0.405 e. The topological polar surface area (TPSA) is 43.8 Å². The molecular formula is C18H15NO3. The van der Waals surface area contributed by atoms with Crippen molar-refractivity contribution in [2.24, 2.45) is 0 Å². The summed E-state index contributed by atoms with van der Waals surface area (Å²) in [5.41, 5.74) is 2.73. The lowest BCUT2D eigenvalue weighted by Gasteiger charge is -2.13. The molecule has 1 aliphatic heterocycles. The van der Waals surface area contributed by atoms with Crippen LogP contribution in [0.25, 0.3) is 10.9 Å². The highest BCUT2D eigenvalue weighted by Crippen LogP contribution is 2.34. The molecule has 1 atom stereocenters. The van der Waals surface area contributed by atoms with Gasteiger partial charge in [0.15, 0.2) is 0 Å². The van der Waals surface area contributed by atoms with Crippen molar-refractivity contribution in [1.29, 1.82) is 0 Å². The third-order valence-corrected chi connectivity index (χ3v) is 3.81. The molecule has 1 saturated heterocycles. The second-order valence-electron chi connectivity index (χ2n) is 5.33. The Morgan fingerprint density at radius 2 is 1.86 bits per heavy atom. The van der Waals surface area contributed by atoms with Crippen molar-refractivity contribution >= 4 is 10.9 Å². The van der Waals surface area contributed by atoms with Crippen molar-refractivity contribution in [3.8, 4) is 0 Å². The molecule has 2 heterocycles. The number of epoxide rings is 1. The molecule has 0 radical (unpaired) electrons. The van der Waals surface area contributed by atoms with Crippen molar-refractivity contribution in [2.45, 2.75) is 12.7 Å². The summed E-state index contributed by atoms with van der Waals surface area (Å²) in [6.07, 6.45) is 0.142. The first-order valence-corrected chi connectivity index (χ1v) is 7.26. The quantitative estimate of drug-likeness (QED) is 0.695. The van der Waals surface area contributed by atoms with Gasteiger partial charge in [0, 0.05) is 11.5 Å². The number of fused-ring (bicyclic) bond motifs is 1. The minimum Gasteiger partial charge on any atom is -0.405 e. The first-order chi connectivity index (χ1) is 10.8. The van der Waals surface area contributed by atoms with Gasteiger partial charge >= 0.3 is 0 Å². The van der Waals surface area contributed by atoms with E-state index in [-0.39, 0.29) is 11.7 Å². The molecule has 0 N–H and O–H groups in total. The number of rotatable bonds is 4. The summed E-state index contributed by atoms with van der Waals surface area (Å²) in [6.45, 7) is 1.09. The van der Waals surface area contributed by atoms with Gasteiger partial charge in [0.05, 0.1) is 12.1 Å². The third kappa shape index (κ3) is 2.38. The van der Waals surface area contributed by atoms with Crippen molar-refractivity contribution in [1.82, 2.24) is 4.73 Å². The van der Waals surface area contributed by atoms with Crippen molar-refractivity contribution in [3.05, 3.63) is 82.1 Å². The van der Waals surface area contributed by atoms with Crippen molar-refractivity contribution in [2.75, 3.05) is 6.61 Å². The van der Waals surface area contributed by atoms with Gasteiger partial charge in [0.25, 0.3) is 5.56 Å². The average Bonchev–Trinajstić information content (AvgIpc) is 3.39. The predicted molar refractivity (Wildman–Crippen MR) is 83.6 cm³/mol. The molecule has 1 fully saturated rings. The van der Waals surface area contributed by atoms with Crippen LogP contribution in [0.2, 0.25) is 0 Å². The van der Waals surface area contributed by atoms with Gasteiger partial charge in [0.1, 0.15) is 12.7 Å². The Kier molecular flexibility index (Phi) is 3.16. The van der Waals surface area contributed by atoms with Crippen LogP contribution in [0.3, 0.4) is 0 Å². The third-order valence-electron chi connectivity index (χ3n) is 3.81. The zero-order valence-electron chi connectivity index (χ0n) is 11.9. The van der Waals surface area contributed by atoms with E-state index in [0.29, 0.717) is 6.61 Å². The van der Waals surface area contributed by atoms with E-state index in [9.17, 15) is 4.79 Å². The Morgan fingerprint density at radius 3 is 2.64 bits per heavy atom. The highest BCUT2D eigenvalue weighted by molar-refractivity contribution is 5.83. The van der Waals surface area contributed by atoms with Crippen molar-refractivity contribution < 1.29 is 9.57 Å². The molecule has 4 rings (SSSR count). The Bertz CT molecular complexity index is 866. The molecule has 3 aromatic rings. The summed E-state index contributed by atoms with van der Waals surface area (Å²) >= 11 is 0. The molecule has 0 spiro atoms. The lowest BCUT2D eigenvalue weighted by atomic mass is 10.1. The zero-order chi connectivity index (χ0) is 14.9. The number of hydrogen-bond donors (Lipinski definition) is 0. The van der Waals surface area contributed by atoms with Crippen LogP contribution < -0.4 is 10.4 Å². The van der Waals surface area contributed by atoms with E-state index in [1.54, 1.807) is 6.07 Å². The molecule has 1 aromatic heterocycles. The summed E-state index contributed by atoms with van der Waals surface area (Å²) < 4.78 is 6.74. The molecule has 0 aliphatic carbocycles. The summed E-state index contributed by atoms with van der Waals surface area (Å²) in [5, 5.41) is 0.998. The predicted octanol–water partition coefficient (Wildman–Crippen LogP) is 2.70. The van der Waals surface area contributed by atoms with E-state index in [1.807, 2.05) is 54.6 Å². The normalized spacial score (nSPS) is 16.6. The van der Waals surface area contributed by atoms with Gasteiger partial charge in [-0.25, -0.2) is 0 Å². The fourth-order valence-corrected chi connectivity index (χ4v) is 2.63. The van der Waals surface area contributed by atoms with Crippen LogP contribution in [0.1, 0.15) is 17.2 Å². The van der Waals surface area contributed by atoms with E-state index in [0.717, 1.165) is 28.6 Å². The molecule has 22 heavy (non-hydrogen) atoms. The second kappa shape index (κ2) is 5.31. The lowest BCUT2D eigenvalue weighted by molar-refractivity contribution is 0.0993.